The van der Waals surface area contributed by atoms with Crippen molar-refractivity contribution in [1.29, 1.82) is 0 Å². The second-order valence-corrected chi connectivity index (χ2v) is 6.19. The number of hydrogen-bond acceptors (Lipinski definition) is 3. The quantitative estimate of drug-likeness (QED) is 0.925. The maximum absolute atomic E-state index is 10.9. The molecular weight excluding hydrogens is 276 g/mol. The molecule has 2 aliphatic rings. The highest BCUT2D eigenvalue weighted by Crippen LogP contribution is 2.39. The lowest BCUT2D eigenvalue weighted by Crippen LogP contribution is -2.35. The van der Waals surface area contributed by atoms with E-state index in [1.807, 2.05) is 0 Å². The average molecular weight is 295 g/mol. The van der Waals surface area contributed by atoms with Crippen molar-refractivity contribution in [1.82, 2.24) is 4.98 Å². The zero-order valence-corrected chi connectivity index (χ0v) is 12.1. The van der Waals surface area contributed by atoms with Gasteiger partial charge in [0.25, 0.3) is 0 Å². The van der Waals surface area contributed by atoms with Gasteiger partial charge in [-0.15, -0.1) is 0 Å². The van der Waals surface area contributed by atoms with E-state index in [-0.39, 0.29) is 5.56 Å². The predicted octanol–water partition coefficient (Wildman–Crippen LogP) is 3.59. The van der Waals surface area contributed by atoms with E-state index in [1.54, 1.807) is 0 Å². The molecule has 0 aromatic carbocycles. The number of pyridine rings is 1. The number of carboxylic acid groups (broad SMARTS) is 1. The van der Waals surface area contributed by atoms with E-state index in [9.17, 15) is 4.79 Å². The number of anilines is 1. The molecule has 2 heterocycles. The lowest BCUT2D eigenvalue weighted by Gasteiger charge is -2.31. The first-order chi connectivity index (χ1) is 9.66. The Kier molecular flexibility index (Phi) is 3.83. The first kappa shape index (κ1) is 13.7. The monoisotopic (exact) mass is 294 g/mol. The fourth-order valence-electron chi connectivity index (χ4n) is 3.65. The largest absolute Gasteiger partial charge is 0.478 e. The van der Waals surface area contributed by atoms with Crippen LogP contribution in [0.2, 0.25) is 5.02 Å². The van der Waals surface area contributed by atoms with Crippen LogP contribution < -0.4 is 4.90 Å². The molecule has 4 nitrogen and oxygen atoms in total. The molecule has 0 bridgehead atoms. The van der Waals surface area contributed by atoms with Crippen LogP contribution in [0.15, 0.2) is 12.3 Å². The van der Waals surface area contributed by atoms with Crippen molar-refractivity contribution in [2.75, 3.05) is 11.4 Å². The summed E-state index contributed by atoms with van der Waals surface area (Å²) in [6.07, 6.45) is 9.02. The van der Waals surface area contributed by atoms with E-state index in [0.29, 0.717) is 11.1 Å². The first-order valence-electron chi connectivity index (χ1n) is 7.32. The van der Waals surface area contributed by atoms with Crippen molar-refractivity contribution in [2.45, 2.75) is 44.6 Å². The molecule has 1 saturated carbocycles. The van der Waals surface area contributed by atoms with Gasteiger partial charge in [0.05, 0.1) is 10.6 Å². The maximum Gasteiger partial charge on any atom is 0.337 e. The zero-order chi connectivity index (χ0) is 14.1. The van der Waals surface area contributed by atoms with Gasteiger partial charge in [-0.1, -0.05) is 24.4 Å². The number of hydrogen-bond donors (Lipinski definition) is 1. The van der Waals surface area contributed by atoms with Crippen molar-refractivity contribution in [2.24, 2.45) is 5.92 Å². The van der Waals surface area contributed by atoms with Gasteiger partial charge in [0.2, 0.25) is 0 Å². The van der Waals surface area contributed by atoms with Crippen LogP contribution in [0.25, 0.3) is 0 Å². The van der Waals surface area contributed by atoms with Crippen LogP contribution >= 0.6 is 11.6 Å². The topological polar surface area (TPSA) is 53.4 Å². The van der Waals surface area contributed by atoms with E-state index in [1.165, 1.54) is 50.8 Å². The molecule has 1 unspecified atom stereocenters. The molecule has 1 aliphatic carbocycles. The molecule has 1 saturated heterocycles. The van der Waals surface area contributed by atoms with Gasteiger partial charge in [-0.05, 0) is 37.7 Å². The number of aromatic nitrogens is 1. The van der Waals surface area contributed by atoms with Crippen LogP contribution in [0.3, 0.4) is 0 Å². The Morgan fingerprint density at radius 3 is 2.70 bits per heavy atom. The molecule has 108 valence electrons. The van der Waals surface area contributed by atoms with Gasteiger partial charge in [0.15, 0.2) is 0 Å². The summed E-state index contributed by atoms with van der Waals surface area (Å²) in [5.41, 5.74) is 0.148. The summed E-state index contributed by atoms with van der Waals surface area (Å²) in [7, 11) is 0. The van der Waals surface area contributed by atoms with Gasteiger partial charge >= 0.3 is 5.97 Å². The van der Waals surface area contributed by atoms with Gasteiger partial charge in [-0.25, -0.2) is 9.78 Å². The minimum atomic E-state index is -0.986. The van der Waals surface area contributed by atoms with E-state index in [2.05, 4.69) is 9.88 Å². The number of carbonyl (C=O) groups is 1. The number of nitrogens with zero attached hydrogens (tertiary/aromatic N) is 2. The third-order valence-corrected chi connectivity index (χ3v) is 4.86. The van der Waals surface area contributed by atoms with E-state index < -0.39 is 5.97 Å². The standard InChI is InChI=1S/C15H19ClN2O2/c16-12-8-11(15(19)20)9-17-14(12)18-7-3-6-13(18)10-4-1-2-5-10/h8-10,13H,1-7H2,(H,19,20). The van der Waals surface area contributed by atoms with E-state index in [4.69, 9.17) is 16.7 Å². The summed E-state index contributed by atoms with van der Waals surface area (Å²) < 4.78 is 0. The smallest absolute Gasteiger partial charge is 0.337 e. The minimum Gasteiger partial charge on any atom is -0.478 e. The summed E-state index contributed by atoms with van der Waals surface area (Å²) in [5.74, 6) is 0.514. The van der Waals surface area contributed by atoms with Crippen LogP contribution in [-0.4, -0.2) is 28.6 Å². The van der Waals surface area contributed by atoms with Gasteiger partial charge in [-0.3, -0.25) is 0 Å². The Balaban J connectivity index is 1.85. The second-order valence-electron chi connectivity index (χ2n) is 5.78. The molecule has 0 amide bonds. The molecule has 20 heavy (non-hydrogen) atoms. The highest BCUT2D eigenvalue weighted by molar-refractivity contribution is 6.33. The average Bonchev–Trinajstić information content (AvgIpc) is 3.09. The highest BCUT2D eigenvalue weighted by Gasteiger charge is 2.34. The van der Waals surface area contributed by atoms with Crippen LogP contribution in [-0.2, 0) is 0 Å². The van der Waals surface area contributed by atoms with Crippen LogP contribution in [0.1, 0.15) is 48.9 Å². The van der Waals surface area contributed by atoms with Crippen LogP contribution in [0.4, 0.5) is 5.82 Å². The zero-order valence-electron chi connectivity index (χ0n) is 11.4. The number of carboxylic acids is 1. The molecule has 1 aliphatic heterocycles. The number of aromatic carboxylic acids is 1. The van der Waals surface area contributed by atoms with Crippen molar-refractivity contribution >= 4 is 23.4 Å². The minimum absolute atomic E-state index is 0.148. The Morgan fingerprint density at radius 2 is 2.05 bits per heavy atom. The fourth-order valence-corrected chi connectivity index (χ4v) is 3.92. The van der Waals surface area contributed by atoms with Crippen molar-refractivity contribution < 1.29 is 9.90 Å². The van der Waals surface area contributed by atoms with Crippen LogP contribution in [0, 0.1) is 5.92 Å². The molecular formula is C15H19ClN2O2. The van der Waals surface area contributed by atoms with Crippen molar-refractivity contribution in [3.63, 3.8) is 0 Å². The summed E-state index contributed by atoms with van der Waals surface area (Å²) in [6.45, 7) is 0.973. The molecule has 1 aromatic rings. The summed E-state index contributed by atoms with van der Waals surface area (Å²) >= 11 is 6.26. The summed E-state index contributed by atoms with van der Waals surface area (Å²) in [4.78, 5) is 17.6. The Morgan fingerprint density at radius 1 is 1.30 bits per heavy atom. The maximum atomic E-state index is 10.9. The SMILES string of the molecule is O=C(O)c1cnc(N2CCCC2C2CCCC2)c(Cl)c1. The molecule has 0 spiro atoms. The predicted molar refractivity (Wildman–Crippen MR) is 78.5 cm³/mol. The van der Waals surface area contributed by atoms with E-state index >= 15 is 0 Å². The molecule has 1 N–H and O–H groups in total. The first-order valence-corrected chi connectivity index (χ1v) is 7.70. The molecule has 1 atom stereocenters. The normalized spacial score (nSPS) is 23.4. The van der Waals surface area contributed by atoms with Gasteiger partial charge < -0.3 is 10.0 Å². The Bertz CT molecular complexity index is 515. The number of rotatable bonds is 3. The van der Waals surface area contributed by atoms with E-state index in [0.717, 1.165) is 18.3 Å². The Labute approximate surface area is 123 Å². The van der Waals surface area contributed by atoms with Gasteiger partial charge in [0.1, 0.15) is 5.82 Å². The lowest BCUT2D eigenvalue weighted by molar-refractivity contribution is 0.0696. The third-order valence-electron chi connectivity index (χ3n) is 4.58. The molecule has 0 radical (unpaired) electrons. The summed E-state index contributed by atoms with van der Waals surface area (Å²) in [5, 5.41) is 9.43. The molecule has 5 heteroatoms. The fraction of sp³-hybridized carbons (Fsp3) is 0.600. The highest BCUT2D eigenvalue weighted by atomic mass is 35.5. The summed E-state index contributed by atoms with van der Waals surface area (Å²) in [6, 6.07) is 2.04. The molecule has 1 aromatic heterocycles. The molecule has 2 fully saturated rings. The lowest BCUT2D eigenvalue weighted by atomic mass is 9.96. The van der Waals surface area contributed by atoms with Crippen molar-refractivity contribution in [3.8, 4) is 0 Å². The van der Waals surface area contributed by atoms with Gasteiger partial charge in [0, 0.05) is 18.8 Å². The Hall–Kier alpha value is -1.29. The number of halogens is 1. The second kappa shape index (κ2) is 5.60. The van der Waals surface area contributed by atoms with Crippen LogP contribution in [0.5, 0.6) is 0 Å². The third kappa shape index (κ3) is 2.49. The molecule has 3 rings (SSSR count). The van der Waals surface area contributed by atoms with Crippen molar-refractivity contribution in [3.05, 3.63) is 22.8 Å². The van der Waals surface area contributed by atoms with Gasteiger partial charge in [-0.2, -0.15) is 0 Å².